The quantitative estimate of drug-likeness (QED) is 0.648. The van der Waals surface area contributed by atoms with Crippen LogP contribution in [-0.2, 0) is 18.3 Å². The van der Waals surface area contributed by atoms with E-state index in [4.69, 9.17) is 0 Å². The summed E-state index contributed by atoms with van der Waals surface area (Å²) in [6, 6.07) is 0. The van der Waals surface area contributed by atoms with E-state index in [1.807, 2.05) is 0 Å². The second kappa shape index (κ2) is 3.24. The lowest BCUT2D eigenvalue weighted by atomic mass is 10.0. The average molecular weight is 180 g/mol. The molecule has 1 unspecified atom stereocenters. The number of hydrogen-bond donors (Lipinski definition) is 0. The van der Waals surface area contributed by atoms with Gasteiger partial charge in [-0.2, -0.15) is 4.80 Å². The van der Waals surface area contributed by atoms with Crippen molar-refractivity contribution in [3.05, 3.63) is 5.82 Å². The Hall–Kier alpha value is -1.26. The first-order valence-electron chi connectivity index (χ1n) is 4.51. The molecule has 5 nitrogen and oxygen atoms in total. The van der Waals surface area contributed by atoms with Gasteiger partial charge in [0.05, 0.1) is 7.05 Å². The first-order valence-corrected chi connectivity index (χ1v) is 4.51. The minimum atomic E-state index is 0.143. The molecule has 5 heteroatoms. The van der Waals surface area contributed by atoms with Gasteiger partial charge in [-0.3, -0.25) is 4.79 Å². The van der Waals surface area contributed by atoms with Gasteiger partial charge in [-0.05, 0) is 18.1 Å². The van der Waals surface area contributed by atoms with E-state index in [2.05, 4.69) is 15.4 Å². The maximum atomic E-state index is 11.3. The van der Waals surface area contributed by atoms with E-state index in [9.17, 15) is 4.79 Å². The number of ketones is 1. The minimum Gasteiger partial charge on any atom is -0.299 e. The van der Waals surface area contributed by atoms with Crippen molar-refractivity contribution in [1.82, 2.24) is 20.2 Å². The molecule has 1 aromatic heterocycles. The SMILES string of the molecule is Cn1nnc(CC2CCCC2=O)n1. The van der Waals surface area contributed by atoms with Crippen LogP contribution in [0.3, 0.4) is 0 Å². The largest absolute Gasteiger partial charge is 0.299 e. The van der Waals surface area contributed by atoms with Crippen LogP contribution >= 0.6 is 0 Å². The molecule has 1 saturated carbocycles. The van der Waals surface area contributed by atoms with Crippen LogP contribution in [-0.4, -0.2) is 26.0 Å². The molecule has 0 radical (unpaired) electrons. The van der Waals surface area contributed by atoms with Gasteiger partial charge in [0, 0.05) is 18.8 Å². The van der Waals surface area contributed by atoms with Crippen molar-refractivity contribution in [2.75, 3.05) is 0 Å². The normalized spacial score (nSPS) is 22.5. The first-order chi connectivity index (χ1) is 6.25. The standard InChI is InChI=1S/C8H12N4O/c1-12-10-8(9-11-12)5-6-3-2-4-7(6)13/h6H,2-5H2,1H3. The highest BCUT2D eigenvalue weighted by molar-refractivity contribution is 5.82. The van der Waals surface area contributed by atoms with Gasteiger partial charge in [0.15, 0.2) is 5.82 Å². The van der Waals surface area contributed by atoms with Crippen LogP contribution in [0.2, 0.25) is 0 Å². The molecule has 1 aromatic rings. The lowest BCUT2D eigenvalue weighted by Crippen LogP contribution is -2.10. The average Bonchev–Trinajstić information content (AvgIpc) is 2.64. The van der Waals surface area contributed by atoms with Gasteiger partial charge in [0.1, 0.15) is 5.78 Å². The fourth-order valence-corrected chi connectivity index (χ4v) is 1.73. The van der Waals surface area contributed by atoms with Crippen LogP contribution < -0.4 is 0 Å². The molecule has 13 heavy (non-hydrogen) atoms. The van der Waals surface area contributed by atoms with Gasteiger partial charge < -0.3 is 0 Å². The molecule has 1 heterocycles. The third kappa shape index (κ3) is 1.74. The van der Waals surface area contributed by atoms with E-state index < -0.39 is 0 Å². The lowest BCUT2D eigenvalue weighted by Gasteiger charge is -2.01. The van der Waals surface area contributed by atoms with Crippen molar-refractivity contribution >= 4 is 5.78 Å². The molecular weight excluding hydrogens is 168 g/mol. The Morgan fingerprint density at radius 1 is 1.62 bits per heavy atom. The molecular formula is C8H12N4O. The zero-order valence-electron chi connectivity index (χ0n) is 7.60. The van der Waals surface area contributed by atoms with Crippen molar-refractivity contribution in [2.24, 2.45) is 13.0 Å². The van der Waals surface area contributed by atoms with Crippen molar-refractivity contribution in [1.29, 1.82) is 0 Å². The number of tetrazole rings is 1. The Labute approximate surface area is 76.1 Å². The van der Waals surface area contributed by atoms with Gasteiger partial charge >= 0.3 is 0 Å². The van der Waals surface area contributed by atoms with Crippen LogP contribution in [0.25, 0.3) is 0 Å². The zero-order chi connectivity index (χ0) is 9.26. The molecule has 2 rings (SSSR count). The van der Waals surface area contributed by atoms with Gasteiger partial charge in [-0.25, -0.2) is 0 Å². The van der Waals surface area contributed by atoms with Crippen LogP contribution in [0.5, 0.6) is 0 Å². The number of aryl methyl sites for hydroxylation is 1. The maximum absolute atomic E-state index is 11.3. The van der Waals surface area contributed by atoms with Crippen molar-refractivity contribution < 1.29 is 4.79 Å². The summed E-state index contributed by atoms with van der Waals surface area (Å²) < 4.78 is 0. The predicted molar refractivity (Wildman–Crippen MR) is 44.9 cm³/mol. The van der Waals surface area contributed by atoms with E-state index in [1.165, 1.54) is 4.80 Å². The van der Waals surface area contributed by atoms with Gasteiger partial charge in [-0.1, -0.05) is 0 Å². The molecule has 0 bridgehead atoms. The molecule has 1 aliphatic carbocycles. The fourth-order valence-electron chi connectivity index (χ4n) is 1.73. The molecule has 1 aliphatic rings. The van der Waals surface area contributed by atoms with E-state index in [0.29, 0.717) is 18.0 Å². The van der Waals surface area contributed by atoms with Gasteiger partial charge in [-0.15, -0.1) is 10.2 Å². The minimum absolute atomic E-state index is 0.143. The smallest absolute Gasteiger partial charge is 0.175 e. The zero-order valence-corrected chi connectivity index (χ0v) is 7.60. The molecule has 0 saturated heterocycles. The molecule has 0 spiro atoms. The highest BCUT2D eigenvalue weighted by Crippen LogP contribution is 2.23. The molecule has 0 amide bonds. The highest BCUT2D eigenvalue weighted by Gasteiger charge is 2.25. The summed E-state index contributed by atoms with van der Waals surface area (Å²) in [5.74, 6) is 1.18. The fraction of sp³-hybridized carbons (Fsp3) is 0.750. The summed E-state index contributed by atoms with van der Waals surface area (Å²) in [6.07, 6.45) is 3.39. The number of aromatic nitrogens is 4. The van der Waals surface area contributed by atoms with E-state index >= 15 is 0 Å². The Kier molecular flexibility index (Phi) is 2.08. The van der Waals surface area contributed by atoms with Crippen LogP contribution in [0.1, 0.15) is 25.1 Å². The second-order valence-electron chi connectivity index (χ2n) is 3.45. The van der Waals surface area contributed by atoms with Gasteiger partial charge in [0.2, 0.25) is 0 Å². The van der Waals surface area contributed by atoms with Crippen molar-refractivity contribution in [3.8, 4) is 0 Å². The number of Topliss-reactive ketones (excluding diaryl/α,β-unsaturated/α-hetero) is 1. The third-order valence-electron chi connectivity index (χ3n) is 2.41. The van der Waals surface area contributed by atoms with Crippen LogP contribution in [0.15, 0.2) is 0 Å². The van der Waals surface area contributed by atoms with E-state index in [0.717, 1.165) is 19.3 Å². The topological polar surface area (TPSA) is 60.7 Å². The molecule has 0 N–H and O–H groups in total. The Balaban J connectivity index is 2.01. The predicted octanol–water partition coefficient (Wildman–Crippen LogP) is 0.122. The maximum Gasteiger partial charge on any atom is 0.175 e. The molecule has 1 fully saturated rings. The monoisotopic (exact) mass is 180 g/mol. The first kappa shape index (κ1) is 8.34. The summed E-state index contributed by atoms with van der Waals surface area (Å²) in [4.78, 5) is 12.7. The van der Waals surface area contributed by atoms with Gasteiger partial charge in [0.25, 0.3) is 0 Å². The number of hydrogen-bond acceptors (Lipinski definition) is 4. The summed E-state index contributed by atoms with van der Waals surface area (Å²) in [5.41, 5.74) is 0. The summed E-state index contributed by atoms with van der Waals surface area (Å²) in [6.45, 7) is 0. The number of rotatable bonds is 2. The highest BCUT2D eigenvalue weighted by atomic mass is 16.1. The summed E-state index contributed by atoms with van der Waals surface area (Å²) >= 11 is 0. The van der Waals surface area contributed by atoms with Crippen LogP contribution in [0, 0.1) is 5.92 Å². The number of carbonyl (C=O) groups excluding carboxylic acids is 1. The Morgan fingerprint density at radius 2 is 2.46 bits per heavy atom. The lowest BCUT2D eigenvalue weighted by molar-refractivity contribution is -0.120. The Morgan fingerprint density at radius 3 is 3.00 bits per heavy atom. The Bertz CT molecular complexity index is 320. The van der Waals surface area contributed by atoms with Crippen molar-refractivity contribution in [3.63, 3.8) is 0 Å². The van der Waals surface area contributed by atoms with E-state index in [1.54, 1.807) is 7.05 Å². The van der Waals surface area contributed by atoms with Crippen LogP contribution in [0.4, 0.5) is 0 Å². The second-order valence-corrected chi connectivity index (χ2v) is 3.45. The van der Waals surface area contributed by atoms with Crippen molar-refractivity contribution in [2.45, 2.75) is 25.7 Å². The summed E-state index contributed by atoms with van der Waals surface area (Å²) in [7, 11) is 1.73. The summed E-state index contributed by atoms with van der Waals surface area (Å²) in [5, 5.41) is 11.6. The number of carbonyl (C=O) groups is 1. The molecule has 1 atom stereocenters. The number of nitrogens with zero attached hydrogens (tertiary/aromatic N) is 4. The molecule has 0 aromatic carbocycles. The molecule has 70 valence electrons. The third-order valence-corrected chi connectivity index (χ3v) is 2.41. The molecule has 0 aliphatic heterocycles. The van der Waals surface area contributed by atoms with E-state index in [-0.39, 0.29) is 5.92 Å².